The first-order chi connectivity index (χ1) is 10.7. The molecule has 3 heteroatoms. The fourth-order valence-corrected chi connectivity index (χ4v) is 3.45. The van der Waals surface area contributed by atoms with E-state index in [9.17, 15) is 0 Å². The van der Waals surface area contributed by atoms with Gasteiger partial charge in [-0.25, -0.2) is 0 Å². The number of hydrogen-bond donors (Lipinski definition) is 0. The normalized spacial score (nSPS) is 17.9. The third kappa shape index (κ3) is 2.52. The molecular weight excluding hydrogens is 294 g/mol. The summed E-state index contributed by atoms with van der Waals surface area (Å²) in [6.45, 7) is 0.540. The molecule has 1 aliphatic carbocycles. The SMILES string of the molecule is Clc1cc2c(cc1OCc1ccccc1)CC1(CCC1)N=C2. The number of rotatable bonds is 3. The third-order valence-electron chi connectivity index (χ3n) is 4.71. The van der Waals surface area contributed by atoms with Crippen LogP contribution in [-0.4, -0.2) is 11.8 Å². The Morgan fingerprint density at radius 2 is 1.95 bits per heavy atom. The Kier molecular flexibility index (Phi) is 3.42. The second kappa shape index (κ2) is 5.44. The van der Waals surface area contributed by atoms with Gasteiger partial charge in [-0.1, -0.05) is 41.9 Å². The van der Waals surface area contributed by atoms with Crippen LogP contribution in [-0.2, 0) is 13.0 Å². The maximum absolute atomic E-state index is 6.36. The van der Waals surface area contributed by atoms with Crippen LogP contribution in [0.4, 0.5) is 0 Å². The van der Waals surface area contributed by atoms with Gasteiger partial charge in [-0.15, -0.1) is 0 Å². The molecule has 0 unspecified atom stereocenters. The molecule has 0 atom stereocenters. The summed E-state index contributed by atoms with van der Waals surface area (Å²) in [5.74, 6) is 0.772. The Balaban J connectivity index is 1.56. The van der Waals surface area contributed by atoms with Crippen LogP contribution in [0.25, 0.3) is 0 Å². The monoisotopic (exact) mass is 311 g/mol. The lowest BCUT2D eigenvalue weighted by molar-refractivity contribution is 0.248. The van der Waals surface area contributed by atoms with Crippen LogP contribution in [0.3, 0.4) is 0 Å². The second-order valence-electron chi connectivity index (χ2n) is 6.27. The molecule has 0 saturated heterocycles. The molecule has 0 N–H and O–H groups in total. The van der Waals surface area contributed by atoms with Gasteiger partial charge in [0.2, 0.25) is 0 Å². The Morgan fingerprint density at radius 3 is 2.68 bits per heavy atom. The minimum atomic E-state index is 0.164. The van der Waals surface area contributed by atoms with E-state index in [1.165, 1.54) is 24.8 Å². The van der Waals surface area contributed by atoms with E-state index in [2.05, 4.69) is 18.2 Å². The van der Waals surface area contributed by atoms with Gasteiger partial charge in [-0.3, -0.25) is 4.99 Å². The number of fused-ring (bicyclic) bond motifs is 1. The van der Waals surface area contributed by atoms with E-state index in [1.54, 1.807) is 0 Å². The third-order valence-corrected chi connectivity index (χ3v) is 5.01. The smallest absolute Gasteiger partial charge is 0.138 e. The van der Waals surface area contributed by atoms with Gasteiger partial charge in [0.1, 0.15) is 12.4 Å². The lowest BCUT2D eigenvalue weighted by Gasteiger charge is -2.40. The Labute approximate surface area is 135 Å². The van der Waals surface area contributed by atoms with E-state index >= 15 is 0 Å². The summed E-state index contributed by atoms with van der Waals surface area (Å²) in [7, 11) is 0. The molecule has 2 aromatic carbocycles. The fraction of sp³-hybridized carbons (Fsp3) is 0.316. The first-order valence-corrected chi connectivity index (χ1v) is 8.16. The van der Waals surface area contributed by atoms with Crippen molar-refractivity contribution in [1.29, 1.82) is 0 Å². The summed E-state index contributed by atoms with van der Waals surface area (Å²) in [5, 5.41) is 0.658. The van der Waals surface area contributed by atoms with Gasteiger partial charge in [0.25, 0.3) is 0 Å². The van der Waals surface area contributed by atoms with Gasteiger partial charge in [-0.2, -0.15) is 0 Å². The molecule has 0 bridgehead atoms. The molecule has 22 heavy (non-hydrogen) atoms. The van der Waals surface area contributed by atoms with Crippen molar-refractivity contribution in [2.75, 3.05) is 0 Å². The lowest BCUT2D eigenvalue weighted by Crippen LogP contribution is -2.39. The predicted molar refractivity (Wildman–Crippen MR) is 90.1 cm³/mol. The average molecular weight is 312 g/mol. The summed E-state index contributed by atoms with van der Waals surface area (Å²) < 4.78 is 5.93. The van der Waals surface area contributed by atoms with Gasteiger partial charge in [0, 0.05) is 6.21 Å². The highest BCUT2D eigenvalue weighted by atomic mass is 35.5. The molecule has 1 heterocycles. The van der Waals surface area contributed by atoms with E-state index in [0.717, 1.165) is 23.3 Å². The zero-order valence-corrected chi connectivity index (χ0v) is 13.1. The van der Waals surface area contributed by atoms with Crippen LogP contribution >= 0.6 is 11.6 Å². The Hall–Kier alpha value is -1.80. The summed E-state index contributed by atoms with van der Waals surface area (Å²) in [4.78, 5) is 4.75. The van der Waals surface area contributed by atoms with E-state index in [1.807, 2.05) is 30.5 Å². The van der Waals surface area contributed by atoms with Crippen LogP contribution in [0.1, 0.15) is 36.0 Å². The minimum absolute atomic E-state index is 0.164. The summed E-state index contributed by atoms with van der Waals surface area (Å²) >= 11 is 6.36. The van der Waals surface area contributed by atoms with Gasteiger partial charge in [-0.05, 0) is 54.5 Å². The Bertz CT molecular complexity index is 720. The highest BCUT2D eigenvalue weighted by Gasteiger charge is 2.38. The van der Waals surface area contributed by atoms with Crippen LogP contribution in [0.5, 0.6) is 5.75 Å². The predicted octanol–water partition coefficient (Wildman–Crippen LogP) is 4.82. The average Bonchev–Trinajstić information content (AvgIpc) is 2.52. The van der Waals surface area contributed by atoms with Crippen molar-refractivity contribution in [2.45, 2.75) is 37.8 Å². The highest BCUT2D eigenvalue weighted by Crippen LogP contribution is 2.42. The van der Waals surface area contributed by atoms with Crippen LogP contribution < -0.4 is 4.74 Å². The van der Waals surface area contributed by atoms with E-state index in [4.69, 9.17) is 21.3 Å². The molecule has 1 spiro atoms. The molecule has 4 rings (SSSR count). The molecular formula is C19H18ClNO. The van der Waals surface area contributed by atoms with Crippen LogP contribution in [0, 0.1) is 0 Å². The highest BCUT2D eigenvalue weighted by molar-refractivity contribution is 6.32. The maximum Gasteiger partial charge on any atom is 0.138 e. The van der Waals surface area contributed by atoms with E-state index in [-0.39, 0.29) is 5.54 Å². The van der Waals surface area contributed by atoms with Crippen LogP contribution in [0.15, 0.2) is 47.5 Å². The molecule has 2 nitrogen and oxygen atoms in total. The summed E-state index contributed by atoms with van der Waals surface area (Å²) in [6.07, 6.45) is 6.69. The molecule has 1 saturated carbocycles. The summed E-state index contributed by atoms with van der Waals surface area (Å²) in [5.41, 5.74) is 3.75. The quantitative estimate of drug-likeness (QED) is 0.796. The molecule has 0 aromatic heterocycles. The molecule has 2 aromatic rings. The molecule has 1 fully saturated rings. The largest absolute Gasteiger partial charge is 0.487 e. The number of aliphatic imine (C=N–C) groups is 1. The van der Waals surface area contributed by atoms with Crippen molar-refractivity contribution < 1.29 is 4.74 Å². The lowest BCUT2D eigenvalue weighted by atomic mass is 9.71. The first-order valence-electron chi connectivity index (χ1n) is 7.79. The van der Waals surface area contributed by atoms with Gasteiger partial charge in [0.05, 0.1) is 10.6 Å². The number of ether oxygens (including phenoxy) is 1. The van der Waals surface area contributed by atoms with Crippen molar-refractivity contribution in [2.24, 2.45) is 4.99 Å². The minimum Gasteiger partial charge on any atom is -0.487 e. The van der Waals surface area contributed by atoms with Gasteiger partial charge < -0.3 is 4.74 Å². The van der Waals surface area contributed by atoms with Crippen molar-refractivity contribution in [1.82, 2.24) is 0 Å². The second-order valence-corrected chi connectivity index (χ2v) is 6.68. The van der Waals surface area contributed by atoms with Crippen molar-refractivity contribution in [3.8, 4) is 5.75 Å². The zero-order chi connectivity index (χ0) is 15.0. The van der Waals surface area contributed by atoms with Gasteiger partial charge >= 0.3 is 0 Å². The summed E-state index contributed by atoms with van der Waals surface area (Å²) in [6, 6.07) is 14.2. The molecule has 112 valence electrons. The maximum atomic E-state index is 6.36. The number of halogens is 1. The first kappa shape index (κ1) is 13.8. The number of nitrogens with zero attached hydrogens (tertiary/aromatic N) is 1. The van der Waals surface area contributed by atoms with Crippen LogP contribution in [0.2, 0.25) is 5.02 Å². The molecule has 0 radical (unpaired) electrons. The fourth-order valence-electron chi connectivity index (χ4n) is 3.23. The Morgan fingerprint density at radius 1 is 1.14 bits per heavy atom. The molecule has 2 aliphatic rings. The van der Waals surface area contributed by atoms with Gasteiger partial charge in [0.15, 0.2) is 0 Å². The topological polar surface area (TPSA) is 21.6 Å². The number of benzene rings is 2. The standard InChI is InChI=1S/C19H18ClNO/c20-17-9-16-12-21-19(7-4-8-19)11-15(16)10-18(17)22-13-14-5-2-1-3-6-14/h1-3,5-6,9-10,12H,4,7-8,11,13H2. The van der Waals surface area contributed by atoms with E-state index < -0.39 is 0 Å². The molecule has 0 amide bonds. The van der Waals surface area contributed by atoms with E-state index in [0.29, 0.717) is 11.6 Å². The zero-order valence-electron chi connectivity index (χ0n) is 12.4. The molecule has 1 aliphatic heterocycles. The number of hydrogen-bond acceptors (Lipinski definition) is 2. The van der Waals surface area contributed by atoms with Crippen molar-refractivity contribution >= 4 is 17.8 Å². The van der Waals surface area contributed by atoms with Crippen molar-refractivity contribution in [3.63, 3.8) is 0 Å². The van der Waals surface area contributed by atoms with Crippen molar-refractivity contribution in [3.05, 3.63) is 64.2 Å².